The Morgan fingerprint density at radius 3 is 2.50 bits per heavy atom. The van der Waals surface area contributed by atoms with Gasteiger partial charge in [0.2, 0.25) is 0 Å². The van der Waals surface area contributed by atoms with E-state index in [0.29, 0.717) is 5.41 Å². The minimum Gasteiger partial charge on any atom is -0.321 e. The maximum absolute atomic E-state index is 6.71. The topological polar surface area (TPSA) is 26.0 Å². The van der Waals surface area contributed by atoms with Gasteiger partial charge in [0.15, 0.2) is 0 Å². The summed E-state index contributed by atoms with van der Waals surface area (Å²) in [7, 11) is 0. The number of hydrogen-bond acceptors (Lipinski definition) is 2. The van der Waals surface area contributed by atoms with E-state index in [1.807, 2.05) is 11.3 Å². The van der Waals surface area contributed by atoms with Crippen LogP contribution in [-0.2, 0) is 5.54 Å². The number of nitrogens with two attached hydrogens (primary N) is 1. The third-order valence-electron chi connectivity index (χ3n) is 4.57. The quantitative estimate of drug-likeness (QED) is 0.723. The average molecular weight is 265 g/mol. The van der Waals surface area contributed by atoms with E-state index in [2.05, 4.69) is 39.8 Å². The second-order valence-corrected chi connectivity index (χ2v) is 8.35. The molecule has 1 fully saturated rings. The minimum absolute atomic E-state index is 0.0566. The van der Waals surface area contributed by atoms with Gasteiger partial charge < -0.3 is 5.73 Å². The average Bonchev–Trinajstić information content (AvgIpc) is 2.58. The second kappa shape index (κ2) is 4.97. The molecule has 0 bridgehead atoms. The smallest absolute Gasteiger partial charge is 0.0503 e. The van der Waals surface area contributed by atoms with Gasteiger partial charge >= 0.3 is 0 Å². The van der Waals surface area contributed by atoms with Gasteiger partial charge in [0.1, 0.15) is 0 Å². The first-order chi connectivity index (χ1) is 8.31. The van der Waals surface area contributed by atoms with Crippen LogP contribution in [0.5, 0.6) is 0 Å². The number of hydrogen-bond donors (Lipinski definition) is 1. The number of aryl methyl sites for hydroxylation is 1. The summed E-state index contributed by atoms with van der Waals surface area (Å²) in [6, 6.07) is 4.46. The van der Waals surface area contributed by atoms with Crippen molar-refractivity contribution in [1.29, 1.82) is 0 Å². The molecular formula is C16H27NS. The SMILES string of the molecule is Cc1ccc(C2(N)CCCC(C(C)(C)C)CC2)s1. The Balaban J connectivity index is 2.13. The Hall–Kier alpha value is -0.340. The Labute approximate surface area is 116 Å². The predicted molar refractivity (Wildman–Crippen MR) is 81.0 cm³/mol. The van der Waals surface area contributed by atoms with Crippen LogP contribution >= 0.6 is 11.3 Å². The van der Waals surface area contributed by atoms with Crippen molar-refractivity contribution in [2.45, 2.75) is 65.3 Å². The van der Waals surface area contributed by atoms with E-state index in [-0.39, 0.29) is 5.54 Å². The lowest BCUT2D eigenvalue weighted by Crippen LogP contribution is -2.35. The van der Waals surface area contributed by atoms with Crippen molar-refractivity contribution in [3.63, 3.8) is 0 Å². The molecule has 0 radical (unpaired) electrons. The molecule has 1 aromatic rings. The fourth-order valence-electron chi connectivity index (χ4n) is 3.18. The van der Waals surface area contributed by atoms with Crippen molar-refractivity contribution in [2.24, 2.45) is 17.1 Å². The molecule has 1 saturated carbocycles. The molecule has 2 unspecified atom stereocenters. The lowest BCUT2D eigenvalue weighted by atomic mass is 9.76. The Morgan fingerprint density at radius 1 is 1.22 bits per heavy atom. The Kier molecular flexibility index (Phi) is 3.89. The highest BCUT2D eigenvalue weighted by atomic mass is 32.1. The van der Waals surface area contributed by atoms with E-state index in [1.54, 1.807) is 0 Å². The molecule has 0 aliphatic heterocycles. The molecule has 2 rings (SSSR count). The maximum atomic E-state index is 6.71. The van der Waals surface area contributed by atoms with E-state index in [0.717, 1.165) is 18.8 Å². The summed E-state index contributed by atoms with van der Waals surface area (Å²) in [5.74, 6) is 0.823. The van der Waals surface area contributed by atoms with Crippen molar-refractivity contribution in [2.75, 3.05) is 0 Å². The third-order valence-corrected chi connectivity index (χ3v) is 5.79. The first kappa shape index (κ1) is 14.1. The molecule has 0 spiro atoms. The molecule has 2 heteroatoms. The molecule has 0 aromatic carbocycles. The highest BCUT2D eigenvalue weighted by Gasteiger charge is 2.35. The Morgan fingerprint density at radius 2 is 1.94 bits per heavy atom. The largest absolute Gasteiger partial charge is 0.321 e. The second-order valence-electron chi connectivity index (χ2n) is 7.06. The normalized spacial score (nSPS) is 30.2. The predicted octanol–water partition coefficient (Wildman–Crippen LogP) is 4.84. The van der Waals surface area contributed by atoms with Crippen LogP contribution < -0.4 is 5.73 Å². The lowest BCUT2D eigenvalue weighted by molar-refractivity contribution is 0.211. The molecule has 1 aliphatic carbocycles. The van der Waals surface area contributed by atoms with Crippen LogP contribution in [0.15, 0.2) is 12.1 Å². The minimum atomic E-state index is -0.0566. The monoisotopic (exact) mass is 265 g/mol. The van der Waals surface area contributed by atoms with Gasteiger partial charge in [0.05, 0.1) is 5.54 Å². The molecule has 2 atom stereocenters. The van der Waals surface area contributed by atoms with Crippen molar-refractivity contribution in [3.05, 3.63) is 21.9 Å². The molecule has 102 valence electrons. The summed E-state index contributed by atoms with van der Waals surface area (Å²) in [6.45, 7) is 9.29. The van der Waals surface area contributed by atoms with Gasteiger partial charge in [-0.1, -0.05) is 27.2 Å². The van der Waals surface area contributed by atoms with Crippen molar-refractivity contribution < 1.29 is 0 Å². The van der Waals surface area contributed by atoms with Crippen LogP contribution in [0.25, 0.3) is 0 Å². The molecular weight excluding hydrogens is 238 g/mol. The van der Waals surface area contributed by atoms with Gasteiger partial charge in [0, 0.05) is 9.75 Å². The van der Waals surface area contributed by atoms with Crippen LogP contribution in [-0.4, -0.2) is 0 Å². The zero-order chi connectivity index (χ0) is 13.4. The van der Waals surface area contributed by atoms with Gasteiger partial charge in [-0.15, -0.1) is 11.3 Å². The van der Waals surface area contributed by atoms with Gasteiger partial charge in [-0.2, -0.15) is 0 Å². The van der Waals surface area contributed by atoms with Crippen molar-refractivity contribution in [1.82, 2.24) is 0 Å². The summed E-state index contributed by atoms with van der Waals surface area (Å²) in [5.41, 5.74) is 7.08. The molecule has 18 heavy (non-hydrogen) atoms. The highest BCUT2D eigenvalue weighted by molar-refractivity contribution is 7.12. The molecule has 2 N–H and O–H groups in total. The fraction of sp³-hybridized carbons (Fsp3) is 0.750. The molecule has 1 aromatic heterocycles. The van der Waals surface area contributed by atoms with E-state index < -0.39 is 0 Å². The molecule has 1 heterocycles. The summed E-state index contributed by atoms with van der Waals surface area (Å²) in [4.78, 5) is 2.78. The third kappa shape index (κ3) is 2.97. The molecule has 0 saturated heterocycles. The first-order valence-corrected chi connectivity index (χ1v) is 7.99. The van der Waals surface area contributed by atoms with Crippen LogP contribution in [0.2, 0.25) is 0 Å². The summed E-state index contributed by atoms with van der Waals surface area (Å²) in [5, 5.41) is 0. The fourth-order valence-corrected chi connectivity index (χ4v) is 4.21. The van der Waals surface area contributed by atoms with Gasteiger partial charge in [-0.3, -0.25) is 0 Å². The maximum Gasteiger partial charge on any atom is 0.0503 e. The standard InChI is InChI=1S/C16H27NS/c1-12-7-8-14(18-12)16(17)10-5-6-13(9-11-16)15(2,3)4/h7-8,13H,5-6,9-11,17H2,1-4H3. The van der Waals surface area contributed by atoms with Crippen LogP contribution in [0.1, 0.15) is 62.6 Å². The van der Waals surface area contributed by atoms with Crippen molar-refractivity contribution >= 4 is 11.3 Å². The Bertz CT molecular complexity index is 401. The molecule has 1 nitrogen and oxygen atoms in total. The summed E-state index contributed by atoms with van der Waals surface area (Å²) in [6.07, 6.45) is 6.19. The lowest BCUT2D eigenvalue weighted by Gasteiger charge is -2.31. The highest BCUT2D eigenvalue weighted by Crippen LogP contribution is 2.43. The van der Waals surface area contributed by atoms with Crippen molar-refractivity contribution in [3.8, 4) is 0 Å². The zero-order valence-corrected chi connectivity index (χ0v) is 13.1. The van der Waals surface area contributed by atoms with Crippen LogP contribution in [0.4, 0.5) is 0 Å². The van der Waals surface area contributed by atoms with Gasteiger partial charge in [0.25, 0.3) is 0 Å². The van der Waals surface area contributed by atoms with E-state index in [4.69, 9.17) is 5.73 Å². The first-order valence-electron chi connectivity index (χ1n) is 7.17. The van der Waals surface area contributed by atoms with Crippen LogP contribution in [0, 0.1) is 18.3 Å². The van der Waals surface area contributed by atoms with E-state index in [9.17, 15) is 0 Å². The molecule has 1 aliphatic rings. The van der Waals surface area contributed by atoms with Crippen LogP contribution in [0.3, 0.4) is 0 Å². The van der Waals surface area contributed by atoms with Gasteiger partial charge in [-0.25, -0.2) is 0 Å². The van der Waals surface area contributed by atoms with E-state index in [1.165, 1.54) is 29.0 Å². The van der Waals surface area contributed by atoms with E-state index >= 15 is 0 Å². The van der Waals surface area contributed by atoms with Gasteiger partial charge in [-0.05, 0) is 56.1 Å². The zero-order valence-electron chi connectivity index (χ0n) is 12.3. The summed E-state index contributed by atoms with van der Waals surface area (Å²) < 4.78 is 0. The number of rotatable bonds is 1. The number of thiophene rings is 1. The summed E-state index contributed by atoms with van der Waals surface area (Å²) >= 11 is 1.89. The molecule has 0 amide bonds.